The van der Waals surface area contributed by atoms with Crippen LogP contribution in [0.5, 0.6) is 5.75 Å². The third-order valence-corrected chi connectivity index (χ3v) is 2.43. The molecule has 0 aliphatic heterocycles. The second-order valence-corrected chi connectivity index (χ2v) is 4.33. The minimum Gasteiger partial charge on any atom is -0.420 e. The van der Waals surface area contributed by atoms with E-state index in [1.165, 1.54) is 24.3 Å². The molecular weight excluding hydrogens is 304 g/mol. The molecule has 5 nitrogen and oxygen atoms in total. The Hall–Kier alpha value is -2.41. The molecule has 2 N–H and O–H groups in total. The molecule has 21 heavy (non-hydrogen) atoms. The minimum absolute atomic E-state index is 0.145. The molecule has 0 spiro atoms. The third kappa shape index (κ3) is 4.88. The SMILES string of the molecule is O=C(NNc1ccncc1)c1ccc(OC(F)(F)Cl)cc1. The lowest BCUT2D eigenvalue weighted by Gasteiger charge is -2.11. The average Bonchev–Trinajstić information content (AvgIpc) is 2.45. The predicted molar refractivity (Wildman–Crippen MR) is 73.2 cm³/mol. The van der Waals surface area contributed by atoms with E-state index in [2.05, 4.69) is 32.2 Å². The maximum Gasteiger partial charge on any atom is 0.487 e. The number of ether oxygens (including phenoxy) is 1. The number of carbonyl (C=O) groups excluding carboxylic acids is 1. The fourth-order valence-corrected chi connectivity index (χ4v) is 1.53. The topological polar surface area (TPSA) is 63.2 Å². The lowest BCUT2D eigenvalue weighted by atomic mass is 10.2. The largest absolute Gasteiger partial charge is 0.487 e. The van der Waals surface area contributed by atoms with E-state index >= 15 is 0 Å². The quantitative estimate of drug-likeness (QED) is 0.658. The second-order valence-electron chi connectivity index (χ2n) is 3.89. The van der Waals surface area contributed by atoms with E-state index < -0.39 is 11.5 Å². The summed E-state index contributed by atoms with van der Waals surface area (Å²) in [6.45, 7) is 0. The van der Waals surface area contributed by atoms with Gasteiger partial charge < -0.3 is 4.74 Å². The molecule has 0 unspecified atom stereocenters. The van der Waals surface area contributed by atoms with Gasteiger partial charge in [-0.3, -0.25) is 20.6 Å². The van der Waals surface area contributed by atoms with Crippen LogP contribution in [0, 0.1) is 0 Å². The molecule has 0 saturated heterocycles. The third-order valence-electron chi connectivity index (χ3n) is 2.35. The minimum atomic E-state index is -3.79. The average molecular weight is 314 g/mol. The number of amides is 1. The van der Waals surface area contributed by atoms with Crippen molar-refractivity contribution in [3.05, 3.63) is 54.4 Å². The Kier molecular flexibility index (Phi) is 4.54. The van der Waals surface area contributed by atoms with Crippen molar-refractivity contribution in [2.24, 2.45) is 0 Å². The molecule has 1 aromatic carbocycles. The monoisotopic (exact) mass is 313 g/mol. The van der Waals surface area contributed by atoms with Gasteiger partial charge in [-0.05, 0) is 36.4 Å². The first kappa shape index (κ1) is 15.0. The summed E-state index contributed by atoms with van der Waals surface area (Å²) in [6, 6.07) is 8.44. The zero-order valence-corrected chi connectivity index (χ0v) is 11.3. The smallest absolute Gasteiger partial charge is 0.420 e. The predicted octanol–water partition coefficient (Wildman–Crippen LogP) is 3.01. The number of benzene rings is 1. The van der Waals surface area contributed by atoms with Crippen molar-refractivity contribution in [1.82, 2.24) is 10.4 Å². The van der Waals surface area contributed by atoms with Crippen LogP contribution in [0.25, 0.3) is 0 Å². The van der Waals surface area contributed by atoms with Crippen LogP contribution in [0.3, 0.4) is 0 Å². The Bertz CT molecular complexity index is 603. The van der Waals surface area contributed by atoms with Crippen molar-refractivity contribution in [2.75, 3.05) is 5.43 Å². The first-order valence-corrected chi connectivity index (χ1v) is 6.14. The molecule has 0 aliphatic carbocycles. The molecule has 2 rings (SSSR count). The van der Waals surface area contributed by atoms with Gasteiger partial charge in [0.1, 0.15) is 5.75 Å². The number of hydrogen-bond acceptors (Lipinski definition) is 4. The van der Waals surface area contributed by atoms with Gasteiger partial charge in [-0.15, -0.1) is 8.78 Å². The first-order valence-electron chi connectivity index (χ1n) is 5.76. The fourth-order valence-electron chi connectivity index (χ4n) is 1.44. The molecule has 0 radical (unpaired) electrons. The highest BCUT2D eigenvalue weighted by molar-refractivity contribution is 6.20. The van der Waals surface area contributed by atoms with Crippen LogP contribution in [0.15, 0.2) is 48.8 Å². The van der Waals surface area contributed by atoms with Gasteiger partial charge in [-0.25, -0.2) is 0 Å². The number of carbonyl (C=O) groups is 1. The Morgan fingerprint density at radius 3 is 2.33 bits per heavy atom. The summed E-state index contributed by atoms with van der Waals surface area (Å²) in [6.07, 6.45) is 3.12. The fraction of sp³-hybridized carbons (Fsp3) is 0.0769. The zero-order valence-electron chi connectivity index (χ0n) is 10.5. The molecule has 0 bridgehead atoms. The Balaban J connectivity index is 1.94. The van der Waals surface area contributed by atoms with Gasteiger partial charge >= 0.3 is 5.57 Å². The zero-order chi connectivity index (χ0) is 15.3. The number of nitrogens with one attached hydrogen (secondary N) is 2. The lowest BCUT2D eigenvalue weighted by Crippen LogP contribution is -2.29. The summed E-state index contributed by atoms with van der Waals surface area (Å²) in [5.74, 6) is -0.579. The maximum absolute atomic E-state index is 12.4. The summed E-state index contributed by atoms with van der Waals surface area (Å²) >= 11 is 4.64. The van der Waals surface area contributed by atoms with Crippen LogP contribution in [-0.4, -0.2) is 16.5 Å². The van der Waals surface area contributed by atoms with E-state index in [1.807, 2.05) is 0 Å². The molecule has 0 aliphatic rings. The number of rotatable bonds is 5. The summed E-state index contributed by atoms with van der Waals surface area (Å²) in [5, 5.41) is 0. The van der Waals surface area contributed by atoms with Gasteiger partial charge in [0.25, 0.3) is 5.91 Å². The molecule has 0 fully saturated rings. The van der Waals surface area contributed by atoms with Crippen LogP contribution in [0.1, 0.15) is 10.4 Å². The Labute approximate surface area is 123 Å². The molecule has 2 aromatic rings. The summed E-state index contributed by atoms with van der Waals surface area (Å²) in [4.78, 5) is 15.6. The first-order chi connectivity index (χ1) is 9.94. The highest BCUT2D eigenvalue weighted by Crippen LogP contribution is 2.24. The second kappa shape index (κ2) is 6.36. The highest BCUT2D eigenvalue weighted by Gasteiger charge is 2.27. The van der Waals surface area contributed by atoms with Crippen molar-refractivity contribution < 1.29 is 18.3 Å². The van der Waals surface area contributed by atoms with Gasteiger partial charge in [0.15, 0.2) is 0 Å². The molecule has 0 atom stereocenters. The summed E-state index contributed by atoms with van der Waals surface area (Å²) in [7, 11) is 0. The van der Waals surface area contributed by atoms with Crippen molar-refractivity contribution in [3.63, 3.8) is 0 Å². The Morgan fingerprint density at radius 1 is 1.14 bits per heavy atom. The molecule has 1 amide bonds. The summed E-state index contributed by atoms with van der Waals surface area (Å²) in [5.41, 5.74) is 2.27. The van der Waals surface area contributed by atoms with E-state index in [0.717, 1.165) is 0 Å². The van der Waals surface area contributed by atoms with E-state index in [-0.39, 0.29) is 11.3 Å². The van der Waals surface area contributed by atoms with Crippen LogP contribution < -0.4 is 15.6 Å². The molecule has 1 aromatic heterocycles. The number of halogens is 3. The molecule has 1 heterocycles. The molecule has 0 saturated carbocycles. The molecule has 110 valence electrons. The van der Waals surface area contributed by atoms with Crippen molar-refractivity contribution in [1.29, 1.82) is 0 Å². The number of aromatic nitrogens is 1. The number of pyridine rings is 1. The number of alkyl halides is 3. The van der Waals surface area contributed by atoms with Crippen LogP contribution in [0.4, 0.5) is 14.5 Å². The van der Waals surface area contributed by atoms with Gasteiger partial charge in [-0.1, -0.05) is 0 Å². The van der Waals surface area contributed by atoms with E-state index in [4.69, 9.17) is 0 Å². The van der Waals surface area contributed by atoms with Gasteiger partial charge in [-0.2, -0.15) is 0 Å². The van der Waals surface area contributed by atoms with Crippen LogP contribution in [-0.2, 0) is 0 Å². The van der Waals surface area contributed by atoms with E-state index in [9.17, 15) is 13.6 Å². The van der Waals surface area contributed by atoms with E-state index in [0.29, 0.717) is 5.69 Å². The standard InChI is InChI=1S/C13H10ClF2N3O2/c14-13(15,16)21-11-3-1-9(2-4-11)12(20)19-18-10-5-7-17-8-6-10/h1-8H,(H,17,18)(H,19,20). The van der Waals surface area contributed by atoms with Gasteiger partial charge in [0.2, 0.25) is 0 Å². The summed E-state index contributed by atoms with van der Waals surface area (Å²) < 4.78 is 29.0. The van der Waals surface area contributed by atoms with Crippen molar-refractivity contribution in [3.8, 4) is 5.75 Å². The number of anilines is 1. The van der Waals surface area contributed by atoms with Gasteiger partial charge in [0, 0.05) is 29.6 Å². The lowest BCUT2D eigenvalue weighted by molar-refractivity contribution is -0.0964. The normalized spacial score (nSPS) is 10.8. The van der Waals surface area contributed by atoms with Crippen LogP contribution in [0.2, 0.25) is 0 Å². The molecular formula is C13H10ClF2N3O2. The Morgan fingerprint density at radius 2 is 1.76 bits per heavy atom. The van der Waals surface area contributed by atoms with Crippen LogP contribution >= 0.6 is 11.6 Å². The molecule has 8 heteroatoms. The maximum atomic E-state index is 12.4. The van der Waals surface area contributed by atoms with E-state index in [1.54, 1.807) is 24.5 Å². The van der Waals surface area contributed by atoms with Gasteiger partial charge in [0.05, 0.1) is 5.69 Å². The highest BCUT2D eigenvalue weighted by atomic mass is 35.5. The number of nitrogens with zero attached hydrogens (tertiary/aromatic N) is 1. The number of hydrazine groups is 1. The van der Waals surface area contributed by atoms with Crippen molar-refractivity contribution in [2.45, 2.75) is 5.57 Å². The van der Waals surface area contributed by atoms with Crippen molar-refractivity contribution >= 4 is 23.2 Å². The number of hydrogen-bond donors (Lipinski definition) is 2.